The van der Waals surface area contributed by atoms with E-state index in [1.807, 2.05) is 35.2 Å². The predicted molar refractivity (Wildman–Crippen MR) is 138 cm³/mol. The Kier molecular flexibility index (Phi) is 9.37. The van der Waals surface area contributed by atoms with E-state index in [1.165, 1.54) is 0 Å². The first kappa shape index (κ1) is 26.6. The first-order valence-electron chi connectivity index (χ1n) is 13.7. The number of ether oxygens (including phenoxy) is 1. The van der Waals surface area contributed by atoms with Gasteiger partial charge in [0.1, 0.15) is 5.41 Å². The molecular formula is C28H42N4O4. The van der Waals surface area contributed by atoms with E-state index < -0.39 is 11.3 Å². The van der Waals surface area contributed by atoms with E-state index in [-0.39, 0.29) is 17.9 Å². The second-order valence-electron chi connectivity index (χ2n) is 10.8. The molecule has 4 rings (SSSR count). The maximum Gasteiger partial charge on any atom is 0.235 e. The lowest BCUT2D eigenvalue weighted by Gasteiger charge is -2.37. The van der Waals surface area contributed by atoms with Gasteiger partial charge < -0.3 is 20.7 Å². The molecule has 3 fully saturated rings. The number of piperazine rings is 1. The van der Waals surface area contributed by atoms with E-state index in [1.54, 1.807) is 0 Å². The summed E-state index contributed by atoms with van der Waals surface area (Å²) in [5.41, 5.74) is 5.66. The quantitative estimate of drug-likeness (QED) is 0.481. The Hall–Kier alpha value is -2.45. The molecule has 3 aliphatic rings. The zero-order chi connectivity index (χ0) is 25.4. The molecular weight excluding hydrogens is 456 g/mol. The molecule has 1 atom stereocenters. The minimum atomic E-state index is -1.11. The monoisotopic (exact) mass is 498 g/mol. The van der Waals surface area contributed by atoms with E-state index in [0.717, 1.165) is 77.2 Å². The van der Waals surface area contributed by atoms with E-state index in [4.69, 9.17) is 10.5 Å². The largest absolute Gasteiger partial charge is 0.381 e. The molecule has 2 aliphatic heterocycles. The van der Waals surface area contributed by atoms with Crippen molar-refractivity contribution in [1.29, 1.82) is 0 Å². The highest BCUT2D eigenvalue weighted by Gasteiger charge is 2.47. The molecule has 198 valence electrons. The maximum absolute atomic E-state index is 13.2. The number of rotatable bonds is 10. The van der Waals surface area contributed by atoms with Crippen molar-refractivity contribution in [1.82, 2.24) is 15.1 Å². The zero-order valence-electron chi connectivity index (χ0n) is 21.5. The van der Waals surface area contributed by atoms with Crippen LogP contribution in [0.15, 0.2) is 30.3 Å². The van der Waals surface area contributed by atoms with Crippen molar-refractivity contribution in [3.63, 3.8) is 0 Å². The van der Waals surface area contributed by atoms with Gasteiger partial charge in [0, 0.05) is 58.4 Å². The van der Waals surface area contributed by atoms with Crippen LogP contribution in [0.2, 0.25) is 0 Å². The Balaban J connectivity index is 1.30. The number of carbonyl (C=O) groups is 3. The normalized spacial score (nSPS) is 21.7. The van der Waals surface area contributed by atoms with E-state index in [9.17, 15) is 14.4 Å². The molecule has 1 aliphatic carbocycles. The second-order valence-corrected chi connectivity index (χ2v) is 10.8. The molecule has 0 radical (unpaired) electrons. The number of carbonyl (C=O) groups excluding carboxylic acids is 3. The van der Waals surface area contributed by atoms with Gasteiger partial charge in [-0.15, -0.1) is 0 Å². The number of hydrogen-bond donors (Lipinski definition) is 2. The third kappa shape index (κ3) is 6.85. The molecule has 2 saturated heterocycles. The molecule has 0 bridgehead atoms. The number of primary amides is 1. The van der Waals surface area contributed by atoms with Gasteiger partial charge in [-0.05, 0) is 50.0 Å². The number of amides is 3. The Bertz CT molecular complexity index is 873. The summed E-state index contributed by atoms with van der Waals surface area (Å²) in [7, 11) is 0. The summed E-state index contributed by atoms with van der Waals surface area (Å²) >= 11 is 0. The number of hydrogen-bond acceptors (Lipinski definition) is 5. The lowest BCUT2D eigenvalue weighted by Crippen LogP contribution is -2.52. The van der Waals surface area contributed by atoms with Crippen LogP contribution in [0.25, 0.3) is 0 Å². The van der Waals surface area contributed by atoms with Crippen LogP contribution in [-0.2, 0) is 25.5 Å². The lowest BCUT2D eigenvalue weighted by molar-refractivity contribution is -0.142. The van der Waals surface area contributed by atoms with Crippen molar-refractivity contribution in [3.05, 3.63) is 35.9 Å². The molecule has 3 N–H and O–H groups in total. The third-order valence-electron chi connectivity index (χ3n) is 8.31. The van der Waals surface area contributed by atoms with Crippen molar-refractivity contribution < 1.29 is 19.1 Å². The van der Waals surface area contributed by atoms with Crippen LogP contribution in [-0.4, -0.2) is 79.5 Å². The first-order chi connectivity index (χ1) is 17.5. The van der Waals surface area contributed by atoms with Gasteiger partial charge in [0.2, 0.25) is 17.7 Å². The van der Waals surface area contributed by atoms with Gasteiger partial charge in [0.25, 0.3) is 0 Å². The van der Waals surface area contributed by atoms with Crippen LogP contribution in [0.1, 0.15) is 56.9 Å². The minimum Gasteiger partial charge on any atom is -0.381 e. The summed E-state index contributed by atoms with van der Waals surface area (Å²) in [6.45, 7) is 6.15. The number of nitrogens with two attached hydrogens (primary N) is 1. The van der Waals surface area contributed by atoms with Crippen LogP contribution < -0.4 is 11.1 Å². The van der Waals surface area contributed by atoms with E-state index in [0.29, 0.717) is 38.0 Å². The van der Waals surface area contributed by atoms with E-state index in [2.05, 4.69) is 10.2 Å². The highest BCUT2D eigenvalue weighted by atomic mass is 16.5. The van der Waals surface area contributed by atoms with Gasteiger partial charge in [-0.25, -0.2) is 0 Å². The van der Waals surface area contributed by atoms with Crippen LogP contribution in [0.5, 0.6) is 0 Å². The summed E-state index contributed by atoms with van der Waals surface area (Å²) < 4.78 is 5.47. The summed E-state index contributed by atoms with van der Waals surface area (Å²) in [5, 5.41) is 3.11. The van der Waals surface area contributed by atoms with Gasteiger partial charge >= 0.3 is 0 Å². The molecule has 2 heterocycles. The molecule has 8 heteroatoms. The van der Waals surface area contributed by atoms with Gasteiger partial charge in [0.05, 0.1) is 0 Å². The fraction of sp³-hybridized carbons (Fsp3) is 0.679. The Morgan fingerprint density at radius 2 is 1.69 bits per heavy atom. The molecule has 1 saturated carbocycles. The summed E-state index contributed by atoms with van der Waals surface area (Å²) in [6, 6.07) is 9.73. The Morgan fingerprint density at radius 3 is 2.33 bits per heavy atom. The molecule has 1 unspecified atom stereocenters. The van der Waals surface area contributed by atoms with Gasteiger partial charge in [0.15, 0.2) is 0 Å². The SMILES string of the molecule is NC(=O)C1(C(=O)NC(CCC(=O)N2CCN(CC3CCOCC3)CC2)Cc2ccccc2)CCCC1. The molecule has 0 aromatic heterocycles. The van der Waals surface area contributed by atoms with Gasteiger partial charge in [-0.3, -0.25) is 19.3 Å². The van der Waals surface area contributed by atoms with Gasteiger partial charge in [-0.1, -0.05) is 43.2 Å². The Labute approximate surface area is 214 Å². The average molecular weight is 499 g/mol. The van der Waals surface area contributed by atoms with Crippen LogP contribution in [0, 0.1) is 11.3 Å². The zero-order valence-corrected chi connectivity index (χ0v) is 21.5. The molecule has 3 amide bonds. The van der Waals surface area contributed by atoms with Crippen molar-refractivity contribution in [2.75, 3.05) is 45.9 Å². The number of benzene rings is 1. The topological polar surface area (TPSA) is 105 Å². The second kappa shape index (κ2) is 12.7. The van der Waals surface area contributed by atoms with Gasteiger partial charge in [-0.2, -0.15) is 0 Å². The smallest absolute Gasteiger partial charge is 0.235 e. The molecule has 8 nitrogen and oxygen atoms in total. The molecule has 36 heavy (non-hydrogen) atoms. The summed E-state index contributed by atoms with van der Waals surface area (Å²) in [5.74, 6) is 0.0266. The number of nitrogens with one attached hydrogen (secondary N) is 1. The van der Waals surface area contributed by atoms with Crippen molar-refractivity contribution in [2.45, 2.75) is 63.8 Å². The first-order valence-corrected chi connectivity index (χ1v) is 13.7. The average Bonchev–Trinajstić information content (AvgIpc) is 3.41. The standard InChI is InChI=1S/C28H42N4O4/c29-26(34)28(12-4-5-13-28)27(35)30-24(20-22-6-2-1-3-7-22)8-9-25(33)32-16-14-31(15-17-32)21-23-10-18-36-19-11-23/h1-3,6-7,23-24H,4-5,8-21H2,(H2,29,34)(H,30,35). The third-order valence-corrected chi connectivity index (χ3v) is 8.31. The van der Waals surface area contributed by atoms with Crippen molar-refractivity contribution >= 4 is 17.7 Å². The molecule has 1 aromatic carbocycles. The predicted octanol–water partition coefficient (Wildman–Crippen LogP) is 2.11. The van der Waals surface area contributed by atoms with Crippen LogP contribution in [0.3, 0.4) is 0 Å². The molecule has 1 aromatic rings. The van der Waals surface area contributed by atoms with Crippen molar-refractivity contribution in [3.8, 4) is 0 Å². The van der Waals surface area contributed by atoms with Crippen LogP contribution in [0.4, 0.5) is 0 Å². The maximum atomic E-state index is 13.2. The minimum absolute atomic E-state index is 0.138. The number of nitrogens with zero attached hydrogens (tertiary/aromatic N) is 2. The van der Waals surface area contributed by atoms with E-state index >= 15 is 0 Å². The highest BCUT2D eigenvalue weighted by Crippen LogP contribution is 2.38. The molecule has 0 spiro atoms. The van der Waals surface area contributed by atoms with Crippen LogP contribution >= 0.6 is 0 Å². The van der Waals surface area contributed by atoms with Crippen molar-refractivity contribution in [2.24, 2.45) is 17.1 Å². The highest BCUT2D eigenvalue weighted by molar-refractivity contribution is 6.04. The lowest BCUT2D eigenvalue weighted by atomic mass is 9.83. The Morgan fingerprint density at radius 1 is 1.03 bits per heavy atom. The summed E-state index contributed by atoms with van der Waals surface area (Å²) in [6.07, 6.45) is 6.46. The fourth-order valence-electron chi connectivity index (χ4n) is 5.94. The fourth-order valence-corrected chi connectivity index (χ4v) is 5.94. The summed E-state index contributed by atoms with van der Waals surface area (Å²) in [4.78, 5) is 43.0.